The van der Waals surface area contributed by atoms with Crippen LogP contribution in [0.1, 0.15) is 5.69 Å². The van der Waals surface area contributed by atoms with Gasteiger partial charge in [0.1, 0.15) is 28.8 Å². The van der Waals surface area contributed by atoms with Crippen molar-refractivity contribution < 1.29 is 18.6 Å². The van der Waals surface area contributed by atoms with Gasteiger partial charge in [-0.1, -0.05) is 5.21 Å². The van der Waals surface area contributed by atoms with Crippen LogP contribution >= 0.6 is 0 Å². The van der Waals surface area contributed by atoms with Crippen molar-refractivity contribution in [2.24, 2.45) is 0 Å². The van der Waals surface area contributed by atoms with E-state index in [1.807, 2.05) is 0 Å². The van der Waals surface area contributed by atoms with Crippen LogP contribution in [-0.4, -0.2) is 27.2 Å². The van der Waals surface area contributed by atoms with Crippen LogP contribution in [0.5, 0.6) is 5.75 Å². The van der Waals surface area contributed by atoms with E-state index in [1.54, 1.807) is 31.4 Å². The molecule has 0 radical (unpaired) electrons. The Morgan fingerprint density at radius 3 is 2.30 bits per heavy atom. The van der Waals surface area contributed by atoms with Crippen molar-refractivity contribution in [3.63, 3.8) is 0 Å². The summed E-state index contributed by atoms with van der Waals surface area (Å²) in [5.74, 6) is -0.771. The Morgan fingerprint density at radius 1 is 1.09 bits per heavy atom. The fourth-order valence-corrected chi connectivity index (χ4v) is 2.30. The Hall–Kier alpha value is -2.80. The lowest BCUT2D eigenvalue weighted by Crippen LogP contribution is -2.01. The maximum atomic E-state index is 13.5. The molecule has 0 aliphatic heterocycles. The van der Waals surface area contributed by atoms with Crippen molar-refractivity contribution in [3.8, 4) is 22.7 Å². The maximum absolute atomic E-state index is 13.5. The summed E-state index contributed by atoms with van der Waals surface area (Å²) in [6, 6.07) is 10.0. The molecule has 23 heavy (non-hydrogen) atoms. The average molecular weight is 317 g/mol. The minimum atomic E-state index is -0.716. The summed E-state index contributed by atoms with van der Waals surface area (Å²) >= 11 is 0. The molecule has 0 fully saturated rings. The monoisotopic (exact) mass is 317 g/mol. The molecule has 1 N–H and O–H groups in total. The lowest BCUT2D eigenvalue weighted by Gasteiger charge is -2.09. The summed E-state index contributed by atoms with van der Waals surface area (Å²) < 4.78 is 33.5. The van der Waals surface area contributed by atoms with E-state index in [-0.39, 0.29) is 11.3 Å². The highest BCUT2D eigenvalue weighted by Crippen LogP contribution is 2.27. The van der Waals surface area contributed by atoms with Gasteiger partial charge in [-0.25, -0.2) is 13.5 Å². The fraction of sp³-hybridized carbons (Fsp3) is 0.125. The van der Waals surface area contributed by atoms with Gasteiger partial charge in [0.2, 0.25) is 0 Å². The zero-order chi connectivity index (χ0) is 16.4. The van der Waals surface area contributed by atoms with E-state index in [2.05, 4.69) is 10.3 Å². The highest BCUT2D eigenvalue weighted by Gasteiger charge is 2.17. The van der Waals surface area contributed by atoms with Gasteiger partial charge < -0.3 is 9.84 Å². The standard InChI is InChI=1S/C16H13F2N3O2/c1-23-14-4-2-13(3-5-14)21-16(15(9-22)19-20-21)10-6-11(17)8-12(18)7-10/h2-8,22H,9H2,1H3. The number of hydrogen-bond donors (Lipinski definition) is 1. The van der Waals surface area contributed by atoms with Crippen molar-refractivity contribution >= 4 is 0 Å². The number of ether oxygens (including phenoxy) is 1. The Balaban J connectivity index is 2.16. The molecule has 118 valence electrons. The van der Waals surface area contributed by atoms with Crippen molar-refractivity contribution in [1.29, 1.82) is 0 Å². The van der Waals surface area contributed by atoms with E-state index < -0.39 is 18.2 Å². The van der Waals surface area contributed by atoms with Gasteiger partial charge in [0.15, 0.2) is 0 Å². The highest BCUT2D eigenvalue weighted by molar-refractivity contribution is 5.64. The SMILES string of the molecule is COc1ccc(-n2nnc(CO)c2-c2cc(F)cc(F)c2)cc1. The minimum Gasteiger partial charge on any atom is -0.497 e. The van der Waals surface area contributed by atoms with Gasteiger partial charge in [0.05, 0.1) is 19.4 Å². The van der Waals surface area contributed by atoms with Crippen molar-refractivity contribution in [2.75, 3.05) is 7.11 Å². The number of methoxy groups -OCH3 is 1. The fourth-order valence-electron chi connectivity index (χ4n) is 2.30. The van der Waals surface area contributed by atoms with Gasteiger partial charge in [0.25, 0.3) is 0 Å². The number of hydrogen-bond acceptors (Lipinski definition) is 4. The van der Waals surface area contributed by atoms with Crippen molar-refractivity contribution in [3.05, 3.63) is 59.8 Å². The first kappa shape index (κ1) is 15.1. The Kier molecular flexibility index (Phi) is 4.03. The first-order valence-corrected chi connectivity index (χ1v) is 6.78. The second-order valence-corrected chi connectivity index (χ2v) is 4.81. The quantitative estimate of drug-likeness (QED) is 0.804. The van der Waals surface area contributed by atoms with E-state index in [9.17, 15) is 13.9 Å². The molecule has 1 aromatic heterocycles. The molecule has 0 unspecified atom stereocenters. The number of benzene rings is 2. The first-order valence-electron chi connectivity index (χ1n) is 6.78. The van der Waals surface area contributed by atoms with E-state index in [0.717, 1.165) is 6.07 Å². The predicted molar refractivity (Wildman–Crippen MR) is 79.2 cm³/mol. The number of rotatable bonds is 4. The lowest BCUT2D eigenvalue weighted by molar-refractivity contribution is 0.277. The van der Waals surface area contributed by atoms with Crippen LogP contribution in [0.15, 0.2) is 42.5 Å². The molecule has 3 rings (SSSR count). The molecule has 7 heteroatoms. The van der Waals surface area contributed by atoms with Crippen LogP contribution in [0, 0.1) is 11.6 Å². The molecule has 0 saturated carbocycles. The molecule has 0 amide bonds. The van der Waals surface area contributed by atoms with Gasteiger partial charge in [-0.2, -0.15) is 0 Å². The molecule has 1 heterocycles. The Morgan fingerprint density at radius 2 is 1.74 bits per heavy atom. The zero-order valence-electron chi connectivity index (χ0n) is 12.2. The predicted octanol–water partition coefficient (Wildman–Crippen LogP) is 2.71. The summed E-state index contributed by atoms with van der Waals surface area (Å²) in [5.41, 5.74) is 1.42. The van der Waals surface area contributed by atoms with Crippen LogP contribution in [0.4, 0.5) is 8.78 Å². The molecular formula is C16H13F2N3O2. The third-order valence-corrected chi connectivity index (χ3v) is 3.34. The molecule has 0 bridgehead atoms. The lowest BCUT2D eigenvalue weighted by atomic mass is 10.1. The number of aliphatic hydroxyl groups excluding tert-OH is 1. The summed E-state index contributed by atoms with van der Waals surface area (Å²) in [4.78, 5) is 0. The third kappa shape index (κ3) is 2.91. The second kappa shape index (κ2) is 6.13. The van der Waals surface area contributed by atoms with Gasteiger partial charge in [-0.3, -0.25) is 0 Å². The van der Waals surface area contributed by atoms with E-state index >= 15 is 0 Å². The van der Waals surface area contributed by atoms with Crippen LogP contribution in [0.3, 0.4) is 0 Å². The van der Waals surface area contributed by atoms with Crippen molar-refractivity contribution in [1.82, 2.24) is 15.0 Å². The molecule has 0 atom stereocenters. The van der Waals surface area contributed by atoms with Gasteiger partial charge >= 0.3 is 0 Å². The minimum absolute atomic E-state index is 0.228. The maximum Gasteiger partial charge on any atom is 0.126 e. The molecule has 0 spiro atoms. The van der Waals surface area contributed by atoms with Gasteiger partial charge in [0, 0.05) is 11.6 Å². The number of aliphatic hydroxyl groups is 1. The van der Waals surface area contributed by atoms with Crippen LogP contribution in [0.2, 0.25) is 0 Å². The molecule has 0 saturated heterocycles. The number of nitrogens with zero attached hydrogens (tertiary/aromatic N) is 3. The molecule has 5 nitrogen and oxygen atoms in total. The summed E-state index contributed by atoms with van der Waals surface area (Å²) in [6.45, 7) is -0.399. The smallest absolute Gasteiger partial charge is 0.126 e. The second-order valence-electron chi connectivity index (χ2n) is 4.81. The largest absolute Gasteiger partial charge is 0.497 e. The summed E-state index contributed by atoms with van der Waals surface area (Å²) in [5, 5.41) is 17.3. The van der Waals surface area contributed by atoms with Gasteiger partial charge in [-0.05, 0) is 36.4 Å². The summed E-state index contributed by atoms with van der Waals surface area (Å²) in [7, 11) is 1.55. The Labute approximate surface area is 130 Å². The third-order valence-electron chi connectivity index (χ3n) is 3.34. The summed E-state index contributed by atoms with van der Waals surface area (Å²) in [6.07, 6.45) is 0. The number of aromatic nitrogens is 3. The van der Waals surface area contributed by atoms with Crippen LogP contribution < -0.4 is 4.74 Å². The molecule has 0 aliphatic carbocycles. The highest BCUT2D eigenvalue weighted by atomic mass is 19.1. The van der Waals surface area contributed by atoms with Crippen molar-refractivity contribution in [2.45, 2.75) is 6.61 Å². The van der Waals surface area contributed by atoms with Gasteiger partial charge in [-0.15, -0.1) is 5.10 Å². The Bertz CT molecular complexity index is 812. The van der Waals surface area contributed by atoms with Crippen LogP contribution in [0.25, 0.3) is 16.9 Å². The topological polar surface area (TPSA) is 60.2 Å². The van der Waals surface area contributed by atoms with E-state index in [4.69, 9.17) is 4.74 Å². The average Bonchev–Trinajstić information content (AvgIpc) is 2.98. The zero-order valence-corrected chi connectivity index (χ0v) is 12.2. The molecular weight excluding hydrogens is 304 g/mol. The number of halogens is 2. The normalized spacial score (nSPS) is 10.8. The first-order chi connectivity index (χ1) is 11.1. The molecule has 2 aromatic carbocycles. The van der Waals surface area contributed by atoms with E-state index in [0.29, 0.717) is 17.1 Å². The molecule has 3 aromatic rings. The van der Waals surface area contributed by atoms with Crippen LogP contribution in [-0.2, 0) is 6.61 Å². The molecule has 0 aliphatic rings. The van der Waals surface area contributed by atoms with E-state index in [1.165, 1.54) is 16.8 Å².